The first-order chi connectivity index (χ1) is 8.58. The van der Waals surface area contributed by atoms with Gasteiger partial charge in [-0.2, -0.15) is 0 Å². The van der Waals surface area contributed by atoms with Crippen LogP contribution >= 0.6 is 11.8 Å². The molecule has 1 aromatic carbocycles. The van der Waals surface area contributed by atoms with E-state index in [1.54, 1.807) is 11.8 Å². The highest BCUT2D eigenvalue weighted by molar-refractivity contribution is 8.00. The number of fused-ring (bicyclic) bond motifs is 1. The van der Waals surface area contributed by atoms with E-state index in [1.165, 1.54) is 21.6 Å². The zero-order valence-electron chi connectivity index (χ0n) is 11.1. The molecule has 1 aromatic rings. The van der Waals surface area contributed by atoms with Crippen LogP contribution in [0.2, 0.25) is 0 Å². The Hall–Kier alpha value is -1.02. The molecule has 1 nitrogen and oxygen atoms in total. The molecule has 2 aliphatic carbocycles. The van der Waals surface area contributed by atoms with Gasteiger partial charge in [0.2, 0.25) is 0 Å². The number of hydrogen-bond donors (Lipinski definition) is 0. The van der Waals surface area contributed by atoms with Gasteiger partial charge >= 0.3 is 0 Å². The van der Waals surface area contributed by atoms with Crippen LogP contribution in [0, 0.1) is 32.6 Å². The SMILES string of the molecule is Cc1cc(C)c(S[C@@H]2C(=O)[C@H]3CC=C[C@H]32)c(C)c1. The molecule has 0 amide bonds. The van der Waals surface area contributed by atoms with Crippen molar-refractivity contribution in [2.45, 2.75) is 37.3 Å². The highest BCUT2D eigenvalue weighted by Gasteiger charge is 2.50. The predicted octanol–water partition coefficient (Wildman–Crippen LogP) is 3.85. The summed E-state index contributed by atoms with van der Waals surface area (Å²) in [5, 5.41) is 0.161. The minimum Gasteiger partial charge on any atom is -0.298 e. The van der Waals surface area contributed by atoms with E-state index in [2.05, 4.69) is 45.1 Å². The number of benzene rings is 1. The average Bonchev–Trinajstić information content (AvgIpc) is 2.72. The van der Waals surface area contributed by atoms with Crippen LogP contribution in [0.5, 0.6) is 0 Å². The number of carbonyl (C=O) groups excluding carboxylic acids is 1. The van der Waals surface area contributed by atoms with Gasteiger partial charge in [-0.3, -0.25) is 4.79 Å². The Labute approximate surface area is 113 Å². The minimum atomic E-state index is 0.161. The maximum Gasteiger partial charge on any atom is 0.150 e. The van der Waals surface area contributed by atoms with Gasteiger partial charge in [0.25, 0.3) is 0 Å². The monoisotopic (exact) mass is 258 g/mol. The van der Waals surface area contributed by atoms with Gasteiger partial charge in [0, 0.05) is 16.7 Å². The number of thioether (sulfide) groups is 1. The second-order valence-corrected chi connectivity index (χ2v) is 6.67. The van der Waals surface area contributed by atoms with Crippen molar-refractivity contribution in [1.82, 2.24) is 0 Å². The van der Waals surface area contributed by atoms with Crippen LogP contribution in [0.25, 0.3) is 0 Å². The normalized spacial score (nSPS) is 29.3. The van der Waals surface area contributed by atoms with Gasteiger partial charge in [0.1, 0.15) is 0 Å². The molecule has 0 aromatic heterocycles. The van der Waals surface area contributed by atoms with Crippen molar-refractivity contribution in [3.63, 3.8) is 0 Å². The summed E-state index contributed by atoms with van der Waals surface area (Å²) >= 11 is 1.78. The standard InChI is InChI=1S/C16H18OS/c1-9-7-10(2)15(11(3)8-9)18-16-13-6-4-5-12(13)14(16)17/h4,6-8,12-13,16H,5H2,1-3H3/t12-,13+,16-/m0/s1. The Balaban J connectivity index is 1.85. The Kier molecular flexibility index (Phi) is 2.86. The third-order valence-electron chi connectivity index (χ3n) is 4.06. The van der Waals surface area contributed by atoms with Crippen LogP contribution in [0.4, 0.5) is 0 Å². The summed E-state index contributed by atoms with van der Waals surface area (Å²) in [5.41, 5.74) is 3.90. The molecule has 94 valence electrons. The molecule has 2 aliphatic rings. The molecule has 0 unspecified atom stereocenters. The number of rotatable bonds is 2. The van der Waals surface area contributed by atoms with Crippen LogP contribution in [-0.2, 0) is 4.79 Å². The average molecular weight is 258 g/mol. The zero-order valence-corrected chi connectivity index (χ0v) is 11.9. The molecule has 0 N–H and O–H groups in total. The van der Waals surface area contributed by atoms with Crippen LogP contribution in [0.15, 0.2) is 29.2 Å². The summed E-state index contributed by atoms with van der Waals surface area (Å²) in [4.78, 5) is 13.4. The van der Waals surface area contributed by atoms with Crippen LogP contribution in [-0.4, -0.2) is 11.0 Å². The van der Waals surface area contributed by atoms with Gasteiger partial charge < -0.3 is 0 Å². The fraction of sp³-hybridized carbons (Fsp3) is 0.438. The van der Waals surface area contributed by atoms with Crippen molar-refractivity contribution in [2.75, 3.05) is 0 Å². The summed E-state index contributed by atoms with van der Waals surface area (Å²) < 4.78 is 0. The second-order valence-electron chi connectivity index (χ2n) is 5.52. The van der Waals surface area contributed by atoms with Gasteiger partial charge in [-0.25, -0.2) is 0 Å². The maximum absolute atomic E-state index is 12.1. The largest absolute Gasteiger partial charge is 0.298 e. The smallest absolute Gasteiger partial charge is 0.150 e. The molecular formula is C16H18OS. The highest BCUT2D eigenvalue weighted by Crippen LogP contribution is 2.49. The quantitative estimate of drug-likeness (QED) is 0.750. The maximum atomic E-state index is 12.1. The molecule has 18 heavy (non-hydrogen) atoms. The molecule has 0 spiro atoms. The molecule has 2 heteroatoms. The third-order valence-corrected chi connectivity index (χ3v) is 5.74. The Bertz CT molecular complexity index is 521. The lowest BCUT2D eigenvalue weighted by atomic mass is 9.74. The third kappa shape index (κ3) is 1.74. The number of ketones is 1. The first-order valence-corrected chi connectivity index (χ1v) is 7.41. The van der Waals surface area contributed by atoms with Crippen LogP contribution in [0.3, 0.4) is 0 Å². The van der Waals surface area contributed by atoms with Crippen molar-refractivity contribution in [3.05, 3.63) is 41.0 Å². The molecule has 0 bridgehead atoms. The number of aryl methyl sites for hydroxylation is 3. The van der Waals surface area contributed by atoms with E-state index in [4.69, 9.17) is 0 Å². The van der Waals surface area contributed by atoms with Crippen molar-refractivity contribution in [1.29, 1.82) is 0 Å². The summed E-state index contributed by atoms with van der Waals surface area (Å²) in [6, 6.07) is 4.42. The molecule has 1 saturated carbocycles. The first-order valence-electron chi connectivity index (χ1n) is 6.53. The molecule has 0 radical (unpaired) electrons. The summed E-state index contributed by atoms with van der Waals surface area (Å²) in [6.07, 6.45) is 5.37. The molecule has 0 aliphatic heterocycles. The second kappa shape index (κ2) is 4.27. The first kappa shape index (κ1) is 12.0. The molecule has 3 atom stereocenters. The predicted molar refractivity (Wildman–Crippen MR) is 76.0 cm³/mol. The van der Waals surface area contributed by atoms with Crippen LogP contribution in [0.1, 0.15) is 23.1 Å². The van der Waals surface area contributed by atoms with Gasteiger partial charge in [-0.05, 0) is 38.3 Å². The fourth-order valence-corrected chi connectivity index (χ4v) is 4.66. The lowest BCUT2D eigenvalue weighted by Gasteiger charge is -2.38. The van der Waals surface area contributed by atoms with E-state index in [-0.39, 0.29) is 5.25 Å². The van der Waals surface area contributed by atoms with E-state index in [1.807, 2.05) is 0 Å². The number of carbonyl (C=O) groups is 1. The van der Waals surface area contributed by atoms with Gasteiger partial charge in [0.15, 0.2) is 5.78 Å². The molecular weight excluding hydrogens is 240 g/mol. The highest BCUT2D eigenvalue weighted by atomic mass is 32.2. The van der Waals surface area contributed by atoms with Crippen LogP contribution < -0.4 is 0 Å². The Morgan fingerprint density at radius 1 is 1.17 bits per heavy atom. The van der Waals surface area contributed by atoms with Crippen molar-refractivity contribution in [3.8, 4) is 0 Å². The summed E-state index contributed by atoms with van der Waals surface area (Å²) in [5.74, 6) is 1.24. The van der Waals surface area contributed by atoms with E-state index in [0.29, 0.717) is 17.6 Å². The Morgan fingerprint density at radius 2 is 1.83 bits per heavy atom. The summed E-state index contributed by atoms with van der Waals surface area (Å²) in [6.45, 7) is 6.42. The number of Topliss-reactive ketones (excluding diaryl/α,β-unsaturated/α-hetero) is 1. The van der Waals surface area contributed by atoms with Crippen molar-refractivity contribution < 1.29 is 4.79 Å². The van der Waals surface area contributed by atoms with E-state index in [9.17, 15) is 4.79 Å². The molecule has 1 fully saturated rings. The van der Waals surface area contributed by atoms with E-state index in [0.717, 1.165) is 6.42 Å². The van der Waals surface area contributed by atoms with E-state index < -0.39 is 0 Å². The number of allylic oxidation sites excluding steroid dienone is 2. The molecule has 0 saturated heterocycles. The zero-order chi connectivity index (χ0) is 12.9. The van der Waals surface area contributed by atoms with Gasteiger partial charge in [-0.1, -0.05) is 29.8 Å². The Morgan fingerprint density at radius 3 is 2.50 bits per heavy atom. The van der Waals surface area contributed by atoms with Gasteiger partial charge in [-0.15, -0.1) is 11.8 Å². The minimum absolute atomic E-state index is 0.161. The van der Waals surface area contributed by atoms with Crippen molar-refractivity contribution in [2.24, 2.45) is 11.8 Å². The molecule has 3 rings (SSSR count). The fourth-order valence-electron chi connectivity index (χ4n) is 3.19. The lowest BCUT2D eigenvalue weighted by molar-refractivity contribution is -0.130. The molecule has 0 heterocycles. The number of hydrogen-bond acceptors (Lipinski definition) is 2. The lowest BCUT2D eigenvalue weighted by Crippen LogP contribution is -2.47. The van der Waals surface area contributed by atoms with Crippen molar-refractivity contribution >= 4 is 17.5 Å². The summed E-state index contributed by atoms with van der Waals surface area (Å²) in [7, 11) is 0. The van der Waals surface area contributed by atoms with Gasteiger partial charge in [0.05, 0.1) is 5.25 Å². The van der Waals surface area contributed by atoms with E-state index >= 15 is 0 Å². The topological polar surface area (TPSA) is 17.1 Å².